The predicted octanol–water partition coefficient (Wildman–Crippen LogP) is 5.38. The number of benzene rings is 2. The summed E-state index contributed by atoms with van der Waals surface area (Å²) >= 11 is 12.2. The molecule has 154 valence electrons. The van der Waals surface area contributed by atoms with Gasteiger partial charge in [-0.1, -0.05) is 29.3 Å². The highest BCUT2D eigenvalue weighted by Gasteiger charge is 2.21. The van der Waals surface area contributed by atoms with Crippen molar-refractivity contribution < 1.29 is 9.59 Å². The van der Waals surface area contributed by atoms with E-state index in [1.807, 2.05) is 19.9 Å². The van der Waals surface area contributed by atoms with E-state index in [4.69, 9.17) is 23.2 Å². The van der Waals surface area contributed by atoms with Crippen molar-refractivity contribution in [2.45, 2.75) is 32.7 Å². The molecule has 2 aromatic carbocycles. The quantitative estimate of drug-likeness (QED) is 0.591. The van der Waals surface area contributed by atoms with Crippen molar-refractivity contribution in [3.8, 4) is 0 Å². The summed E-state index contributed by atoms with van der Waals surface area (Å²) in [6.45, 7) is 5.66. The smallest absolute Gasteiger partial charge is 0.323 e. The zero-order valence-electron chi connectivity index (χ0n) is 16.4. The highest BCUT2D eigenvalue weighted by atomic mass is 35.5. The van der Waals surface area contributed by atoms with Crippen LogP contribution in [0, 0.1) is 0 Å². The van der Waals surface area contributed by atoms with E-state index in [0.717, 1.165) is 31.6 Å². The minimum Gasteiger partial charge on any atom is -0.371 e. The average molecular weight is 435 g/mol. The number of carbonyl (C=O) groups is 2. The molecule has 1 fully saturated rings. The molecule has 6 nitrogen and oxygen atoms in total. The van der Waals surface area contributed by atoms with Crippen molar-refractivity contribution >= 4 is 52.2 Å². The second kappa shape index (κ2) is 9.37. The molecule has 1 saturated heterocycles. The first kappa shape index (κ1) is 21.3. The Balaban J connectivity index is 1.82. The van der Waals surface area contributed by atoms with Gasteiger partial charge in [-0.2, -0.15) is 0 Å². The van der Waals surface area contributed by atoms with E-state index in [0.29, 0.717) is 27.0 Å². The van der Waals surface area contributed by atoms with Crippen LogP contribution in [0.4, 0.5) is 21.9 Å². The molecule has 0 aromatic heterocycles. The van der Waals surface area contributed by atoms with Crippen LogP contribution < -0.4 is 20.9 Å². The topological polar surface area (TPSA) is 73.5 Å². The molecule has 3 N–H and O–H groups in total. The number of hydrogen-bond acceptors (Lipinski definition) is 3. The molecular formula is C21H24Cl2N4O2. The third-order valence-corrected chi connectivity index (χ3v) is 5.20. The Kier molecular flexibility index (Phi) is 6.87. The van der Waals surface area contributed by atoms with E-state index < -0.39 is 6.03 Å². The molecule has 8 heteroatoms. The van der Waals surface area contributed by atoms with Gasteiger partial charge in [0.2, 0.25) is 0 Å². The maximum atomic E-state index is 12.7. The molecule has 3 rings (SSSR count). The normalized spacial score (nSPS) is 13.5. The third-order valence-electron chi connectivity index (χ3n) is 4.57. The Hall–Kier alpha value is -2.44. The second-order valence-electron chi connectivity index (χ2n) is 7.23. The number of hydrogen-bond donors (Lipinski definition) is 3. The van der Waals surface area contributed by atoms with Crippen LogP contribution in [-0.2, 0) is 0 Å². The summed E-state index contributed by atoms with van der Waals surface area (Å²) in [6, 6.07) is 9.85. The van der Waals surface area contributed by atoms with Gasteiger partial charge in [0, 0.05) is 30.5 Å². The molecule has 1 aliphatic rings. The van der Waals surface area contributed by atoms with Crippen LogP contribution in [0.25, 0.3) is 0 Å². The van der Waals surface area contributed by atoms with Gasteiger partial charge >= 0.3 is 6.03 Å². The van der Waals surface area contributed by atoms with Crippen molar-refractivity contribution in [3.05, 3.63) is 52.0 Å². The SMILES string of the molecule is CC(C)NC(=O)c1cc(NC(=O)Nc2c(Cl)cccc2Cl)ccc1N1CCCC1. The van der Waals surface area contributed by atoms with Gasteiger partial charge in [0.25, 0.3) is 5.91 Å². The lowest BCUT2D eigenvalue weighted by molar-refractivity contribution is 0.0943. The first-order valence-corrected chi connectivity index (χ1v) is 10.3. The standard InChI is InChI=1S/C21H24Cl2N4O2/c1-13(2)24-20(28)15-12-14(8-9-18(15)27-10-3-4-11-27)25-21(29)26-19-16(22)6-5-7-17(19)23/h5-9,12-13H,3-4,10-11H2,1-2H3,(H,24,28)(H2,25,26,29). The van der Waals surface area contributed by atoms with Gasteiger partial charge in [0.15, 0.2) is 0 Å². The van der Waals surface area contributed by atoms with Crippen molar-refractivity contribution in [2.24, 2.45) is 0 Å². The summed E-state index contributed by atoms with van der Waals surface area (Å²) in [5.74, 6) is -0.167. The zero-order valence-corrected chi connectivity index (χ0v) is 17.9. The molecule has 0 aliphatic carbocycles. The van der Waals surface area contributed by atoms with Crippen LogP contribution >= 0.6 is 23.2 Å². The lowest BCUT2D eigenvalue weighted by Crippen LogP contribution is -2.32. The Morgan fingerprint density at radius 3 is 2.28 bits per heavy atom. The van der Waals surface area contributed by atoms with Gasteiger partial charge in [-0.05, 0) is 57.0 Å². The average Bonchev–Trinajstić information content (AvgIpc) is 3.19. The number of nitrogens with zero attached hydrogens (tertiary/aromatic N) is 1. The van der Waals surface area contributed by atoms with Crippen molar-refractivity contribution in [1.82, 2.24) is 5.32 Å². The fourth-order valence-electron chi connectivity index (χ4n) is 3.26. The highest BCUT2D eigenvalue weighted by molar-refractivity contribution is 6.39. The molecule has 0 radical (unpaired) electrons. The van der Waals surface area contributed by atoms with Crippen molar-refractivity contribution in [3.63, 3.8) is 0 Å². The minimum atomic E-state index is -0.496. The molecule has 0 atom stereocenters. The summed E-state index contributed by atoms with van der Waals surface area (Å²) < 4.78 is 0. The van der Waals surface area contributed by atoms with Crippen molar-refractivity contribution in [2.75, 3.05) is 28.6 Å². The summed E-state index contributed by atoms with van der Waals surface area (Å²) in [5.41, 5.74) is 2.25. The van der Waals surface area contributed by atoms with E-state index in [-0.39, 0.29) is 11.9 Å². The maximum absolute atomic E-state index is 12.7. The van der Waals surface area contributed by atoms with Crippen LogP contribution in [-0.4, -0.2) is 31.1 Å². The first-order valence-electron chi connectivity index (χ1n) is 9.57. The number of para-hydroxylation sites is 1. The van der Waals surface area contributed by atoms with Crippen LogP contribution in [0.5, 0.6) is 0 Å². The lowest BCUT2D eigenvalue weighted by atomic mass is 10.1. The number of halogens is 2. The number of amides is 3. The van der Waals surface area contributed by atoms with Crippen LogP contribution in [0.15, 0.2) is 36.4 Å². The Bertz CT molecular complexity index is 891. The predicted molar refractivity (Wildman–Crippen MR) is 120 cm³/mol. The molecule has 1 aliphatic heterocycles. The van der Waals surface area contributed by atoms with Gasteiger partial charge in [-0.15, -0.1) is 0 Å². The van der Waals surface area contributed by atoms with E-state index >= 15 is 0 Å². The van der Waals surface area contributed by atoms with E-state index in [9.17, 15) is 9.59 Å². The van der Waals surface area contributed by atoms with E-state index in [1.165, 1.54) is 0 Å². The van der Waals surface area contributed by atoms with Gasteiger partial charge in [-0.25, -0.2) is 4.79 Å². The summed E-state index contributed by atoms with van der Waals surface area (Å²) in [4.78, 5) is 27.4. The van der Waals surface area contributed by atoms with Gasteiger partial charge in [0.1, 0.15) is 0 Å². The summed E-state index contributed by atoms with van der Waals surface area (Å²) in [6.07, 6.45) is 2.21. The molecule has 29 heavy (non-hydrogen) atoms. The third kappa shape index (κ3) is 5.34. The Labute approximate surface area is 180 Å². The summed E-state index contributed by atoms with van der Waals surface area (Å²) in [7, 11) is 0. The molecule has 0 spiro atoms. The Morgan fingerprint density at radius 2 is 1.66 bits per heavy atom. The monoisotopic (exact) mass is 434 g/mol. The van der Waals surface area contributed by atoms with Crippen LogP contribution in [0.1, 0.15) is 37.0 Å². The number of urea groups is 1. The molecule has 0 bridgehead atoms. The van der Waals surface area contributed by atoms with Gasteiger partial charge in [0.05, 0.1) is 21.3 Å². The molecule has 0 saturated carbocycles. The second-order valence-corrected chi connectivity index (χ2v) is 8.04. The number of carbonyl (C=O) groups excluding carboxylic acids is 2. The molecule has 0 unspecified atom stereocenters. The number of nitrogens with one attached hydrogen (secondary N) is 3. The minimum absolute atomic E-state index is 0.0104. The Morgan fingerprint density at radius 1 is 1.00 bits per heavy atom. The van der Waals surface area contributed by atoms with Gasteiger partial charge < -0.3 is 20.9 Å². The molecule has 2 aromatic rings. The molecular weight excluding hydrogens is 411 g/mol. The number of anilines is 3. The fraction of sp³-hybridized carbons (Fsp3) is 0.333. The lowest BCUT2D eigenvalue weighted by Gasteiger charge is -2.22. The van der Waals surface area contributed by atoms with Crippen LogP contribution in [0.2, 0.25) is 10.0 Å². The fourth-order valence-corrected chi connectivity index (χ4v) is 3.75. The van der Waals surface area contributed by atoms with Crippen LogP contribution in [0.3, 0.4) is 0 Å². The largest absolute Gasteiger partial charge is 0.371 e. The zero-order chi connectivity index (χ0) is 21.0. The maximum Gasteiger partial charge on any atom is 0.323 e. The van der Waals surface area contributed by atoms with E-state index in [2.05, 4.69) is 20.9 Å². The highest BCUT2D eigenvalue weighted by Crippen LogP contribution is 2.31. The van der Waals surface area contributed by atoms with Gasteiger partial charge in [-0.3, -0.25) is 4.79 Å². The number of rotatable bonds is 5. The summed E-state index contributed by atoms with van der Waals surface area (Å²) in [5, 5.41) is 9.01. The van der Waals surface area contributed by atoms with Crippen molar-refractivity contribution in [1.29, 1.82) is 0 Å². The first-order chi connectivity index (χ1) is 13.8. The molecule has 1 heterocycles. The van der Waals surface area contributed by atoms with E-state index in [1.54, 1.807) is 30.3 Å². The molecule has 3 amide bonds.